The first kappa shape index (κ1) is 17.6. The number of hydrogen-bond acceptors (Lipinski definition) is 2. The molecule has 0 aromatic heterocycles. The minimum Gasteiger partial charge on any atom is -0.335 e. The van der Waals surface area contributed by atoms with Crippen molar-refractivity contribution in [2.45, 2.75) is 51.1 Å². The van der Waals surface area contributed by atoms with E-state index in [1.165, 1.54) is 18.4 Å². The molecule has 0 spiro atoms. The fraction of sp³-hybridized carbons (Fsp3) is 0.632. The maximum absolute atomic E-state index is 12.4. The van der Waals surface area contributed by atoms with Crippen LogP contribution in [0.3, 0.4) is 0 Å². The fourth-order valence-corrected chi connectivity index (χ4v) is 3.75. The van der Waals surface area contributed by atoms with Crippen LogP contribution < -0.4 is 5.32 Å². The molecule has 2 saturated heterocycles. The lowest BCUT2D eigenvalue weighted by Gasteiger charge is -2.33. The lowest BCUT2D eigenvalue weighted by Crippen LogP contribution is -2.49. The molecule has 0 aliphatic carbocycles. The Bertz CT molecular complexity index is 518. The lowest BCUT2D eigenvalue weighted by atomic mass is 10.0. The van der Waals surface area contributed by atoms with Gasteiger partial charge in [-0.25, -0.2) is 4.79 Å². The first-order valence-corrected chi connectivity index (χ1v) is 9.61. The molecular weight excluding hydrogens is 322 g/mol. The third kappa shape index (κ3) is 5.12. The average Bonchev–Trinajstić information content (AvgIpc) is 2.88. The largest absolute Gasteiger partial charge is 0.335 e. The molecule has 2 aliphatic heterocycles. The minimum atomic E-state index is 0.146. The van der Waals surface area contributed by atoms with Crippen molar-refractivity contribution in [2.24, 2.45) is 0 Å². The molecule has 132 valence electrons. The molecule has 1 aromatic rings. The van der Waals surface area contributed by atoms with Crippen LogP contribution in [0.4, 0.5) is 4.79 Å². The van der Waals surface area contributed by atoms with Gasteiger partial charge in [-0.1, -0.05) is 36.6 Å². The van der Waals surface area contributed by atoms with Crippen molar-refractivity contribution in [1.29, 1.82) is 0 Å². The summed E-state index contributed by atoms with van der Waals surface area (Å²) < 4.78 is 0. The summed E-state index contributed by atoms with van der Waals surface area (Å²) in [5.41, 5.74) is 1.30. The second kappa shape index (κ2) is 8.72. The number of piperidine rings is 1. The summed E-state index contributed by atoms with van der Waals surface area (Å²) in [7, 11) is 0. The van der Waals surface area contributed by atoms with Crippen molar-refractivity contribution in [2.75, 3.05) is 26.2 Å². The van der Waals surface area contributed by atoms with E-state index in [4.69, 9.17) is 11.6 Å². The maximum Gasteiger partial charge on any atom is 0.317 e. The van der Waals surface area contributed by atoms with Gasteiger partial charge in [0.05, 0.1) is 0 Å². The number of carbonyl (C=O) groups excluding carboxylic acids is 1. The van der Waals surface area contributed by atoms with Crippen LogP contribution in [0, 0.1) is 0 Å². The molecule has 0 saturated carbocycles. The number of rotatable bonds is 3. The third-order valence-electron chi connectivity index (χ3n) is 5.13. The Morgan fingerprint density at radius 3 is 2.25 bits per heavy atom. The molecule has 2 heterocycles. The molecule has 1 aromatic carbocycles. The molecule has 0 bridgehead atoms. The van der Waals surface area contributed by atoms with Crippen LogP contribution in [-0.4, -0.2) is 48.1 Å². The van der Waals surface area contributed by atoms with Crippen LogP contribution in [0.1, 0.15) is 44.1 Å². The maximum atomic E-state index is 12.4. The molecule has 3 rings (SSSR count). The minimum absolute atomic E-state index is 0.146. The molecule has 0 radical (unpaired) electrons. The van der Waals surface area contributed by atoms with Gasteiger partial charge in [-0.3, -0.25) is 4.90 Å². The van der Waals surface area contributed by atoms with Crippen LogP contribution in [0.15, 0.2) is 24.3 Å². The average molecular weight is 350 g/mol. The van der Waals surface area contributed by atoms with Gasteiger partial charge in [0.2, 0.25) is 0 Å². The van der Waals surface area contributed by atoms with Crippen LogP contribution in [0.25, 0.3) is 0 Å². The molecule has 2 aliphatic rings. The smallest absolute Gasteiger partial charge is 0.317 e. The summed E-state index contributed by atoms with van der Waals surface area (Å²) in [6.07, 6.45) is 6.87. The zero-order valence-electron chi connectivity index (χ0n) is 14.3. The molecule has 2 amide bonds. The first-order valence-electron chi connectivity index (χ1n) is 9.23. The van der Waals surface area contributed by atoms with Gasteiger partial charge in [0.1, 0.15) is 0 Å². The van der Waals surface area contributed by atoms with Gasteiger partial charge in [0.15, 0.2) is 0 Å². The van der Waals surface area contributed by atoms with Crippen molar-refractivity contribution < 1.29 is 4.79 Å². The van der Waals surface area contributed by atoms with Crippen LogP contribution in [-0.2, 0) is 6.54 Å². The Hall–Kier alpha value is -1.26. The Kier molecular flexibility index (Phi) is 6.38. The molecule has 5 heteroatoms. The highest BCUT2D eigenvalue weighted by atomic mass is 35.5. The van der Waals surface area contributed by atoms with Gasteiger partial charge in [-0.2, -0.15) is 0 Å². The SMILES string of the molecule is O=C(NC1CCN(Cc2ccc(Cl)cc2)CC1)N1CCCCCC1. The summed E-state index contributed by atoms with van der Waals surface area (Å²) in [6.45, 7) is 4.87. The zero-order chi connectivity index (χ0) is 16.8. The monoisotopic (exact) mass is 349 g/mol. The molecule has 0 unspecified atom stereocenters. The quantitative estimate of drug-likeness (QED) is 0.898. The molecule has 4 nitrogen and oxygen atoms in total. The topological polar surface area (TPSA) is 35.6 Å². The highest BCUT2D eigenvalue weighted by Gasteiger charge is 2.23. The van der Waals surface area contributed by atoms with Gasteiger partial charge < -0.3 is 10.2 Å². The van der Waals surface area contributed by atoms with E-state index in [1.54, 1.807) is 0 Å². The van der Waals surface area contributed by atoms with Crippen LogP contribution >= 0.6 is 11.6 Å². The number of nitrogens with zero attached hydrogens (tertiary/aromatic N) is 2. The number of halogens is 1. The van der Waals surface area contributed by atoms with E-state index >= 15 is 0 Å². The molecule has 2 fully saturated rings. The number of nitrogens with one attached hydrogen (secondary N) is 1. The standard InChI is InChI=1S/C19H28ClN3O/c20-17-7-5-16(6-8-17)15-22-13-9-18(10-14-22)21-19(24)23-11-3-1-2-4-12-23/h5-8,18H,1-4,9-15H2,(H,21,24). The zero-order valence-corrected chi connectivity index (χ0v) is 15.1. The van der Waals surface area contributed by atoms with E-state index in [0.717, 1.165) is 63.4 Å². The van der Waals surface area contributed by atoms with Gasteiger partial charge in [-0.15, -0.1) is 0 Å². The van der Waals surface area contributed by atoms with Gasteiger partial charge in [0.25, 0.3) is 0 Å². The predicted octanol–water partition coefficient (Wildman–Crippen LogP) is 3.89. The highest BCUT2D eigenvalue weighted by molar-refractivity contribution is 6.30. The first-order chi connectivity index (χ1) is 11.7. The van der Waals surface area contributed by atoms with E-state index in [1.807, 2.05) is 17.0 Å². The summed E-state index contributed by atoms with van der Waals surface area (Å²) >= 11 is 5.94. The Balaban J connectivity index is 1.41. The normalized spacial score (nSPS) is 20.6. The van der Waals surface area contributed by atoms with E-state index in [0.29, 0.717) is 6.04 Å². The highest BCUT2D eigenvalue weighted by Crippen LogP contribution is 2.17. The molecule has 1 N–H and O–H groups in total. The number of likely N-dealkylation sites (tertiary alicyclic amines) is 2. The Morgan fingerprint density at radius 1 is 1.00 bits per heavy atom. The second-order valence-electron chi connectivity index (χ2n) is 7.03. The van der Waals surface area contributed by atoms with Crippen molar-refractivity contribution in [3.8, 4) is 0 Å². The molecule has 24 heavy (non-hydrogen) atoms. The van der Waals surface area contributed by atoms with E-state index in [9.17, 15) is 4.79 Å². The van der Waals surface area contributed by atoms with Crippen molar-refractivity contribution in [1.82, 2.24) is 15.1 Å². The van der Waals surface area contributed by atoms with Gasteiger partial charge in [0, 0.05) is 43.8 Å². The number of carbonyl (C=O) groups is 1. The van der Waals surface area contributed by atoms with Crippen LogP contribution in [0.5, 0.6) is 0 Å². The number of benzene rings is 1. The number of hydrogen-bond donors (Lipinski definition) is 1. The van der Waals surface area contributed by atoms with Crippen molar-refractivity contribution in [3.05, 3.63) is 34.9 Å². The van der Waals surface area contributed by atoms with Crippen molar-refractivity contribution in [3.63, 3.8) is 0 Å². The lowest BCUT2D eigenvalue weighted by molar-refractivity contribution is 0.169. The molecule has 0 atom stereocenters. The summed E-state index contributed by atoms with van der Waals surface area (Å²) in [5.74, 6) is 0. The van der Waals surface area contributed by atoms with E-state index < -0.39 is 0 Å². The van der Waals surface area contributed by atoms with Gasteiger partial charge >= 0.3 is 6.03 Å². The summed E-state index contributed by atoms with van der Waals surface area (Å²) in [6, 6.07) is 8.55. The third-order valence-corrected chi connectivity index (χ3v) is 5.38. The van der Waals surface area contributed by atoms with Crippen molar-refractivity contribution >= 4 is 17.6 Å². The van der Waals surface area contributed by atoms with Crippen LogP contribution in [0.2, 0.25) is 5.02 Å². The fourth-order valence-electron chi connectivity index (χ4n) is 3.62. The Labute approximate surface area is 150 Å². The molecular formula is C19H28ClN3O. The second-order valence-corrected chi connectivity index (χ2v) is 7.46. The summed E-state index contributed by atoms with van der Waals surface area (Å²) in [4.78, 5) is 16.9. The van der Waals surface area contributed by atoms with E-state index in [2.05, 4.69) is 22.3 Å². The van der Waals surface area contributed by atoms with Gasteiger partial charge in [-0.05, 0) is 43.4 Å². The van der Waals surface area contributed by atoms with E-state index in [-0.39, 0.29) is 6.03 Å². The summed E-state index contributed by atoms with van der Waals surface area (Å²) in [5, 5.41) is 4.04. The number of amides is 2. The Morgan fingerprint density at radius 2 is 1.62 bits per heavy atom. The predicted molar refractivity (Wildman–Crippen MR) is 98.3 cm³/mol. The number of urea groups is 1.